The number of hydrogen-bond acceptors (Lipinski definition) is 4. The van der Waals surface area contributed by atoms with Crippen molar-refractivity contribution in [3.05, 3.63) is 59.7 Å². The maximum absolute atomic E-state index is 11.6. The summed E-state index contributed by atoms with van der Waals surface area (Å²) in [6.45, 7) is 33.4. The van der Waals surface area contributed by atoms with Crippen molar-refractivity contribution < 1.29 is 31.1 Å². The third-order valence-electron chi connectivity index (χ3n) is 4.34. The normalized spacial score (nSPS) is 10.8. The van der Waals surface area contributed by atoms with Gasteiger partial charge in [0.1, 0.15) is 15.6 Å². The molecule has 2 aromatic carbocycles. The molecule has 340 valence electrons. The number of sulfone groups is 1. The second-order valence-corrected chi connectivity index (χ2v) is 24.9. The smallest absolute Gasteiger partial charge is 0.388 e. The van der Waals surface area contributed by atoms with Gasteiger partial charge in [0.2, 0.25) is 0 Å². The molecule has 0 bridgehead atoms. The minimum atomic E-state index is -4.06. The van der Waals surface area contributed by atoms with Gasteiger partial charge in [0, 0.05) is 40.2 Å². The largest absolute Gasteiger partial charge is 0.393 e. The van der Waals surface area contributed by atoms with Gasteiger partial charge in [-0.15, -0.1) is 0 Å². The Kier molecular flexibility index (Phi) is 60.3. The van der Waals surface area contributed by atoms with E-state index in [1.165, 1.54) is 42.5 Å². The van der Waals surface area contributed by atoms with Gasteiger partial charge >= 0.3 is 6.18 Å². The van der Waals surface area contributed by atoms with E-state index in [0.29, 0.717) is 5.41 Å². The lowest BCUT2D eigenvalue weighted by Gasteiger charge is -2.21. The third-order valence-corrected chi connectivity index (χ3v) is 4.34. The molecule has 1 aliphatic rings. The topological polar surface area (TPSA) is 60.4 Å². The van der Waals surface area contributed by atoms with Crippen LogP contribution in [0.25, 0.3) is 11.1 Å². The van der Waals surface area contributed by atoms with Crippen molar-refractivity contribution >= 4 is 23.7 Å². The first-order chi connectivity index (χ1) is 21.0. The molecule has 55 heavy (non-hydrogen) atoms. The van der Waals surface area contributed by atoms with Gasteiger partial charge in [0.05, 0.1) is 5.41 Å². The van der Waals surface area contributed by atoms with Gasteiger partial charge < -0.3 is 9.53 Å². The van der Waals surface area contributed by atoms with Gasteiger partial charge in [0.25, 0.3) is 0 Å². The third kappa shape index (κ3) is 64.2. The van der Waals surface area contributed by atoms with Crippen molar-refractivity contribution in [1.82, 2.24) is 0 Å². The first-order valence-electron chi connectivity index (χ1n) is 16.3. The van der Waals surface area contributed by atoms with Gasteiger partial charge in [-0.25, -0.2) is 8.42 Å². The van der Waals surface area contributed by atoms with E-state index in [9.17, 15) is 26.4 Å². The number of carbonyl (C=O) groups excluding carboxylic acids is 1. The Labute approximate surface area is 348 Å². The number of rotatable bonds is 0. The van der Waals surface area contributed by atoms with E-state index in [1.54, 1.807) is 14.2 Å². The highest BCUT2D eigenvalue weighted by molar-refractivity contribution is 7.89. The van der Waals surface area contributed by atoms with Gasteiger partial charge in [-0.1, -0.05) is 209 Å². The molecule has 0 heterocycles. The number of methoxy groups -OCH3 is 1. The molecule has 0 radical (unpaired) electrons. The summed E-state index contributed by atoms with van der Waals surface area (Å²) >= 11 is 0. The van der Waals surface area contributed by atoms with Crippen LogP contribution in [-0.4, -0.2) is 55.2 Å². The lowest BCUT2D eigenvalue weighted by atomic mass is 9.82. The number of Topliss-reactive ketones (excluding diaryl/α,β-unsaturated/α-hetero) is 1. The van der Waals surface area contributed by atoms with Crippen molar-refractivity contribution in [2.24, 2.45) is 10.8 Å². The fourth-order valence-electron chi connectivity index (χ4n) is 2.67. The van der Waals surface area contributed by atoms with E-state index in [0.717, 1.165) is 33.3 Å². The number of ketones is 1. The van der Waals surface area contributed by atoms with E-state index in [2.05, 4.69) is 135 Å². The van der Waals surface area contributed by atoms with E-state index < -0.39 is 29.5 Å². The predicted molar refractivity (Wildman–Crippen MR) is 257 cm³/mol. The maximum atomic E-state index is 11.6. The highest BCUT2D eigenvalue weighted by atomic mass is 32.2. The predicted octanol–water partition coefficient (Wildman–Crippen LogP) is 17.0. The number of alkyl halides is 3. The van der Waals surface area contributed by atoms with Gasteiger partial charge in [-0.05, 0) is 41.5 Å². The number of benzene rings is 2. The molecule has 0 fully saturated rings. The molecule has 0 amide bonds. The van der Waals surface area contributed by atoms with Gasteiger partial charge in [-0.3, -0.25) is 0 Å². The van der Waals surface area contributed by atoms with Crippen molar-refractivity contribution in [2.75, 3.05) is 26.7 Å². The second-order valence-electron chi connectivity index (χ2n) is 16.6. The van der Waals surface area contributed by atoms with Crippen LogP contribution in [0.15, 0.2) is 48.5 Å². The first-order valence-corrected chi connectivity index (χ1v) is 22.6. The molecule has 0 atom stereocenters. The average Bonchev–Trinajstić information content (AvgIpc) is 3.03. The zero-order chi connectivity index (χ0) is 40.0. The van der Waals surface area contributed by atoms with Crippen LogP contribution in [0.5, 0.6) is 0 Å². The number of halogens is 3. The molecular formula is C46H101F3O4SSi. The monoisotopic (exact) mass is 835 g/mol. The maximum Gasteiger partial charge on any atom is 0.393 e. The average molecular weight is 835 g/mol. The minimum absolute atomic E-state index is 0. The van der Waals surface area contributed by atoms with Crippen LogP contribution in [0.1, 0.15) is 160 Å². The molecule has 0 unspecified atom stereocenters. The minimum Gasteiger partial charge on any atom is -0.388 e. The highest BCUT2D eigenvalue weighted by Gasteiger charge is 2.43. The van der Waals surface area contributed by atoms with Gasteiger partial charge in [-0.2, -0.15) is 13.2 Å². The standard InChI is InChI=1S/C15H14.C5H9F3.C5H12.C4H12Si.C3H6O.C3H8.C2H6O2S.C2H6O.7CH4/c1-15(2)13-9-5-3-7-11(13)12-8-4-6-10-14(12)15;1-4(2,3)5(6,7)8;2*1-5(2,3)4;1-3(2)4;1-3-2;1-5(2,3)4;1-3-2;;;;;;;/h3-10H,1-2H3;1-3H3;2*1-4H3;1-2H3;3H2,1-2H3;1-2H3;1-2H3;7*1H4. The number of fused-ring (bicyclic) bond motifs is 3. The number of ether oxygens (including phenoxy) is 1. The van der Waals surface area contributed by atoms with Crippen molar-refractivity contribution in [1.29, 1.82) is 0 Å². The molecule has 1 aliphatic carbocycles. The van der Waals surface area contributed by atoms with E-state index >= 15 is 0 Å². The summed E-state index contributed by atoms with van der Waals surface area (Å²) in [5, 5.41) is 0. The summed E-state index contributed by atoms with van der Waals surface area (Å²) < 4.78 is 58.2. The molecule has 0 spiro atoms. The Morgan fingerprint density at radius 1 is 0.655 bits per heavy atom. The van der Waals surface area contributed by atoms with Crippen molar-refractivity contribution in [3.8, 4) is 11.1 Å². The molecule has 0 saturated heterocycles. The van der Waals surface area contributed by atoms with E-state index in [4.69, 9.17) is 0 Å². The van der Waals surface area contributed by atoms with Crippen LogP contribution in [-0.2, 0) is 24.8 Å². The summed E-state index contributed by atoms with van der Waals surface area (Å²) in [4.78, 5) is 9.44. The highest BCUT2D eigenvalue weighted by Crippen LogP contribution is 2.48. The Bertz CT molecular complexity index is 1120. The number of carbonyl (C=O) groups is 1. The first kappa shape index (κ1) is 85.3. The summed E-state index contributed by atoms with van der Waals surface area (Å²) in [7, 11) is -0.0278. The quantitative estimate of drug-likeness (QED) is 0.248. The summed E-state index contributed by atoms with van der Waals surface area (Å²) in [6, 6.07) is 17.4. The van der Waals surface area contributed by atoms with Crippen LogP contribution in [0.4, 0.5) is 13.2 Å². The zero-order valence-corrected chi connectivity index (χ0v) is 36.3. The lowest BCUT2D eigenvalue weighted by Crippen LogP contribution is -2.28. The zero-order valence-electron chi connectivity index (χ0n) is 34.5. The fourth-order valence-corrected chi connectivity index (χ4v) is 2.67. The Balaban J connectivity index is -0.0000000408. The van der Waals surface area contributed by atoms with Gasteiger partial charge in [0.15, 0.2) is 0 Å². The Morgan fingerprint density at radius 2 is 0.782 bits per heavy atom. The second kappa shape index (κ2) is 38.9. The molecule has 0 aromatic heterocycles. The molecule has 0 aliphatic heterocycles. The van der Waals surface area contributed by atoms with Crippen LogP contribution < -0.4 is 0 Å². The summed E-state index contributed by atoms with van der Waals surface area (Å²) in [5.41, 5.74) is 4.80. The molecular weight excluding hydrogens is 734 g/mol. The van der Waals surface area contributed by atoms with Crippen LogP contribution in [0.2, 0.25) is 26.2 Å². The Hall–Kier alpha value is -1.97. The molecule has 4 nitrogen and oxygen atoms in total. The van der Waals surface area contributed by atoms with Crippen LogP contribution in [0.3, 0.4) is 0 Å². The molecule has 0 saturated carbocycles. The SMILES string of the molecule is C.C.C.C.C.C.C.CC(C)(C)C.CC(C)(C)C(F)(F)F.CC(C)=O.CC1(C)c2ccccc2-c2ccccc21.CCC.COC.CS(C)(=O)=O.C[Si](C)(C)C. The van der Waals surface area contributed by atoms with E-state index in [1.807, 2.05) is 0 Å². The van der Waals surface area contributed by atoms with Crippen LogP contribution >= 0.6 is 0 Å². The summed E-state index contributed by atoms with van der Waals surface area (Å²) in [6.07, 6.45) is -0.493. The molecule has 9 heteroatoms. The fraction of sp³-hybridized carbons (Fsp3) is 0.717. The van der Waals surface area contributed by atoms with E-state index in [-0.39, 0.29) is 63.2 Å². The van der Waals surface area contributed by atoms with Crippen LogP contribution in [0, 0.1) is 10.8 Å². The lowest BCUT2D eigenvalue weighted by molar-refractivity contribution is -0.204. The Morgan fingerprint density at radius 3 is 0.909 bits per heavy atom. The van der Waals surface area contributed by atoms with Crippen molar-refractivity contribution in [3.63, 3.8) is 0 Å². The number of hydrogen-bond donors (Lipinski definition) is 0. The van der Waals surface area contributed by atoms with Crippen molar-refractivity contribution in [2.45, 2.75) is 186 Å². The molecule has 3 rings (SSSR count). The summed E-state index contributed by atoms with van der Waals surface area (Å²) in [5.74, 6) is 0.167. The molecule has 2 aromatic rings. The molecule has 0 N–H and O–H groups in total.